The van der Waals surface area contributed by atoms with Gasteiger partial charge in [0.2, 0.25) is 0 Å². The van der Waals surface area contributed by atoms with E-state index in [1.54, 1.807) is 7.05 Å². The van der Waals surface area contributed by atoms with Gasteiger partial charge in [-0.15, -0.1) is 24.0 Å². The molecule has 11 heteroatoms. The van der Waals surface area contributed by atoms with E-state index in [0.29, 0.717) is 30.7 Å². The molecule has 0 aliphatic carbocycles. The summed E-state index contributed by atoms with van der Waals surface area (Å²) in [4.78, 5) is 4.10. The van der Waals surface area contributed by atoms with Gasteiger partial charge in [0.1, 0.15) is 0 Å². The summed E-state index contributed by atoms with van der Waals surface area (Å²) in [6.45, 7) is 6.67. The Kier molecular flexibility index (Phi) is 10.4. The van der Waals surface area contributed by atoms with Gasteiger partial charge in [-0.05, 0) is 38.5 Å². The van der Waals surface area contributed by atoms with Crippen LogP contribution in [0.25, 0.3) is 0 Å². The number of alkyl halides is 3. The minimum Gasteiger partial charge on any atom is -0.490 e. The molecule has 0 fully saturated rings. The minimum atomic E-state index is -4.51. The first kappa shape index (κ1) is 26.9. The number of hydrogen-bond acceptors (Lipinski definition) is 4. The highest BCUT2D eigenvalue weighted by atomic mass is 127. The molecule has 1 atom stereocenters. The van der Waals surface area contributed by atoms with E-state index >= 15 is 0 Å². The number of hydrogen-bond donors (Lipinski definition) is 2. The molecule has 0 saturated heterocycles. The Morgan fingerprint density at radius 3 is 2.42 bits per heavy atom. The van der Waals surface area contributed by atoms with Crippen molar-refractivity contribution in [2.75, 3.05) is 20.3 Å². The van der Waals surface area contributed by atoms with Crippen LogP contribution in [0.3, 0.4) is 0 Å². The number of ether oxygens (including phenoxy) is 2. The second-order valence-electron chi connectivity index (χ2n) is 6.54. The summed E-state index contributed by atoms with van der Waals surface area (Å²) in [5.74, 6) is 1.67. The lowest BCUT2D eigenvalue weighted by atomic mass is 10.1. The van der Waals surface area contributed by atoms with Crippen LogP contribution in [0, 0.1) is 0 Å². The first-order valence-corrected chi connectivity index (χ1v) is 9.66. The lowest BCUT2D eigenvalue weighted by Gasteiger charge is -2.20. The highest BCUT2D eigenvalue weighted by molar-refractivity contribution is 14.0. The zero-order valence-electron chi connectivity index (χ0n) is 18.2. The van der Waals surface area contributed by atoms with Gasteiger partial charge in [0.05, 0.1) is 19.3 Å². The van der Waals surface area contributed by atoms with Crippen molar-refractivity contribution in [1.82, 2.24) is 20.4 Å². The third kappa shape index (κ3) is 7.47. The molecule has 2 N–H and O–H groups in total. The predicted octanol–water partition coefficient (Wildman–Crippen LogP) is 4.28. The van der Waals surface area contributed by atoms with Gasteiger partial charge in [-0.3, -0.25) is 9.67 Å². The Hall–Kier alpha value is -2.18. The molecule has 2 aromatic rings. The van der Waals surface area contributed by atoms with Crippen molar-refractivity contribution in [2.24, 2.45) is 12.0 Å². The van der Waals surface area contributed by atoms with Crippen LogP contribution < -0.4 is 20.1 Å². The molecule has 0 aliphatic rings. The van der Waals surface area contributed by atoms with Crippen molar-refractivity contribution in [3.63, 3.8) is 0 Å². The van der Waals surface area contributed by atoms with Crippen LogP contribution in [0.5, 0.6) is 11.5 Å². The molecule has 1 aromatic carbocycles. The van der Waals surface area contributed by atoms with Crippen LogP contribution >= 0.6 is 24.0 Å². The molecule has 1 unspecified atom stereocenters. The van der Waals surface area contributed by atoms with Crippen molar-refractivity contribution in [2.45, 2.75) is 39.5 Å². The van der Waals surface area contributed by atoms with Crippen LogP contribution in [-0.4, -0.2) is 36.0 Å². The zero-order chi connectivity index (χ0) is 22.3. The second kappa shape index (κ2) is 12.0. The quantitative estimate of drug-likeness (QED) is 0.289. The fourth-order valence-electron chi connectivity index (χ4n) is 2.90. The summed E-state index contributed by atoms with van der Waals surface area (Å²) in [7, 11) is 3.01. The Bertz CT molecular complexity index is 871. The zero-order valence-corrected chi connectivity index (χ0v) is 20.5. The fraction of sp³-hybridized carbons (Fsp3) is 0.500. The number of nitrogens with zero attached hydrogens (tertiary/aromatic N) is 3. The van der Waals surface area contributed by atoms with Crippen molar-refractivity contribution < 1.29 is 22.6 Å². The van der Waals surface area contributed by atoms with E-state index in [1.807, 2.05) is 39.0 Å². The Morgan fingerprint density at radius 1 is 1.19 bits per heavy atom. The summed E-state index contributed by atoms with van der Waals surface area (Å²) >= 11 is 0. The Labute approximate surface area is 197 Å². The molecular formula is C20H29F3IN5O2. The van der Waals surface area contributed by atoms with Gasteiger partial charge in [0, 0.05) is 32.4 Å². The molecule has 31 heavy (non-hydrogen) atoms. The minimum absolute atomic E-state index is 0. The normalized spacial score (nSPS) is 12.7. The van der Waals surface area contributed by atoms with Crippen molar-refractivity contribution in [3.8, 4) is 11.5 Å². The van der Waals surface area contributed by atoms with Gasteiger partial charge in [-0.2, -0.15) is 18.3 Å². The number of aromatic nitrogens is 2. The number of nitrogens with one attached hydrogen (secondary N) is 2. The van der Waals surface area contributed by atoms with Crippen LogP contribution in [0.1, 0.15) is 43.6 Å². The summed E-state index contributed by atoms with van der Waals surface area (Å²) in [6, 6.07) is 5.44. The summed E-state index contributed by atoms with van der Waals surface area (Å²) in [5.41, 5.74) is 0.0522. The molecular weight excluding hydrogens is 526 g/mol. The maximum Gasteiger partial charge on any atom is 0.435 e. The highest BCUT2D eigenvalue weighted by Gasteiger charge is 2.36. The van der Waals surface area contributed by atoms with Gasteiger partial charge < -0.3 is 20.1 Å². The Morgan fingerprint density at radius 2 is 1.84 bits per heavy atom. The molecule has 0 bridgehead atoms. The molecule has 1 aromatic heterocycles. The van der Waals surface area contributed by atoms with Crippen LogP contribution in [0.2, 0.25) is 0 Å². The van der Waals surface area contributed by atoms with Crippen molar-refractivity contribution in [1.29, 1.82) is 0 Å². The SMILES string of the molecule is CCOc1ccc(C(C)NC(=NC)NCc2cn(C)nc2C(F)(F)F)cc1OCC.I. The maximum absolute atomic E-state index is 13.1. The summed E-state index contributed by atoms with van der Waals surface area (Å²) < 4.78 is 51.7. The average Bonchev–Trinajstić information content (AvgIpc) is 3.07. The van der Waals surface area contributed by atoms with Gasteiger partial charge in [-0.25, -0.2) is 0 Å². The van der Waals surface area contributed by atoms with Gasteiger partial charge in [0.15, 0.2) is 23.2 Å². The molecule has 2 rings (SSSR count). The predicted molar refractivity (Wildman–Crippen MR) is 124 cm³/mol. The van der Waals surface area contributed by atoms with Gasteiger partial charge in [-0.1, -0.05) is 6.07 Å². The Balaban J connectivity index is 0.00000480. The van der Waals surface area contributed by atoms with Crippen molar-refractivity contribution >= 4 is 29.9 Å². The summed E-state index contributed by atoms with van der Waals surface area (Å²) in [6.07, 6.45) is -3.17. The maximum atomic E-state index is 13.1. The van der Waals surface area contributed by atoms with Crippen LogP contribution in [-0.2, 0) is 19.8 Å². The highest BCUT2D eigenvalue weighted by Crippen LogP contribution is 2.31. The van der Waals surface area contributed by atoms with E-state index in [0.717, 1.165) is 10.2 Å². The van der Waals surface area contributed by atoms with Gasteiger partial charge in [0.25, 0.3) is 0 Å². The molecule has 0 saturated carbocycles. The largest absolute Gasteiger partial charge is 0.490 e. The van der Waals surface area contributed by atoms with E-state index in [4.69, 9.17) is 9.47 Å². The lowest BCUT2D eigenvalue weighted by Crippen LogP contribution is -2.38. The second-order valence-corrected chi connectivity index (χ2v) is 6.54. The first-order valence-electron chi connectivity index (χ1n) is 9.66. The monoisotopic (exact) mass is 555 g/mol. The number of aryl methyl sites for hydroxylation is 1. The van der Waals surface area contributed by atoms with Crippen LogP contribution in [0.4, 0.5) is 13.2 Å². The molecule has 0 amide bonds. The molecule has 0 radical (unpaired) electrons. The van der Waals surface area contributed by atoms with E-state index in [2.05, 4.69) is 20.7 Å². The number of benzene rings is 1. The first-order chi connectivity index (χ1) is 14.2. The number of halogens is 4. The topological polar surface area (TPSA) is 72.7 Å². The van der Waals surface area contributed by atoms with Gasteiger partial charge >= 0.3 is 6.18 Å². The average molecular weight is 555 g/mol. The molecule has 7 nitrogen and oxygen atoms in total. The van der Waals surface area contributed by atoms with E-state index in [-0.39, 0.29) is 42.1 Å². The van der Waals surface area contributed by atoms with Crippen molar-refractivity contribution in [3.05, 3.63) is 41.2 Å². The smallest absolute Gasteiger partial charge is 0.435 e. The van der Waals surface area contributed by atoms with Crippen LogP contribution in [0.15, 0.2) is 29.4 Å². The fourth-order valence-corrected chi connectivity index (χ4v) is 2.90. The number of rotatable bonds is 8. The van der Waals surface area contributed by atoms with E-state index in [1.165, 1.54) is 13.2 Å². The molecule has 0 aliphatic heterocycles. The number of aliphatic imine (C=N–C) groups is 1. The molecule has 174 valence electrons. The third-order valence-corrected chi connectivity index (χ3v) is 4.26. The summed E-state index contributed by atoms with van der Waals surface area (Å²) in [5, 5.41) is 9.60. The number of guanidine groups is 1. The van der Waals surface area contributed by atoms with E-state index < -0.39 is 11.9 Å². The van der Waals surface area contributed by atoms with E-state index in [9.17, 15) is 13.2 Å². The third-order valence-electron chi connectivity index (χ3n) is 4.26. The lowest BCUT2D eigenvalue weighted by molar-refractivity contribution is -0.142. The molecule has 1 heterocycles. The molecule has 0 spiro atoms. The standard InChI is InChI=1S/C20H28F3N5O2.HI/c1-6-29-16-9-8-14(10-17(16)30-7-2)13(3)26-19(24-4)25-11-15-12-28(5)27-18(15)20(21,22)23;/h8-10,12-13H,6-7,11H2,1-5H3,(H2,24,25,26);1H.